The number of ether oxygens (including phenoxy) is 1. The van der Waals surface area contributed by atoms with E-state index in [0.29, 0.717) is 24.6 Å². The highest BCUT2D eigenvalue weighted by atomic mass is 32.1. The Morgan fingerprint density at radius 1 is 1.44 bits per heavy atom. The van der Waals surface area contributed by atoms with Gasteiger partial charge in [0, 0.05) is 13.1 Å². The number of fused-ring (bicyclic) bond motifs is 1. The molecule has 0 bridgehead atoms. The Kier molecular flexibility index (Phi) is 4.89. The molecule has 25 heavy (non-hydrogen) atoms. The van der Waals surface area contributed by atoms with Gasteiger partial charge in [-0.2, -0.15) is 0 Å². The zero-order valence-electron chi connectivity index (χ0n) is 13.9. The van der Waals surface area contributed by atoms with Crippen LogP contribution in [0.1, 0.15) is 31.2 Å². The fourth-order valence-electron chi connectivity index (χ4n) is 3.68. The van der Waals surface area contributed by atoms with E-state index in [4.69, 9.17) is 4.74 Å². The fraction of sp³-hybridized carbons (Fsp3) is 0.667. The number of esters is 1. The summed E-state index contributed by atoms with van der Waals surface area (Å²) in [5.74, 6) is -1.21. The van der Waals surface area contributed by atoms with Crippen LogP contribution in [0.4, 0.5) is 9.93 Å². The van der Waals surface area contributed by atoms with Crippen molar-refractivity contribution >= 4 is 34.4 Å². The minimum absolute atomic E-state index is 0.00421. The molecule has 2 heterocycles. The smallest absolute Gasteiger partial charge is 0.323 e. The maximum atomic E-state index is 12.4. The van der Waals surface area contributed by atoms with E-state index >= 15 is 0 Å². The van der Waals surface area contributed by atoms with Crippen LogP contribution in [-0.2, 0) is 20.7 Å². The molecule has 0 aromatic carbocycles. The number of aromatic nitrogens is 2. The molecule has 2 amide bonds. The lowest BCUT2D eigenvalue weighted by molar-refractivity contribution is -0.149. The van der Waals surface area contributed by atoms with Gasteiger partial charge in [0.05, 0.1) is 18.4 Å². The van der Waals surface area contributed by atoms with Crippen molar-refractivity contribution in [1.29, 1.82) is 0 Å². The van der Waals surface area contributed by atoms with Gasteiger partial charge in [0.25, 0.3) is 0 Å². The molecule has 0 spiro atoms. The van der Waals surface area contributed by atoms with E-state index in [-0.39, 0.29) is 30.0 Å². The highest BCUT2D eigenvalue weighted by molar-refractivity contribution is 7.15. The second-order valence-corrected chi connectivity index (χ2v) is 7.41. The highest BCUT2D eigenvalue weighted by Crippen LogP contribution is 2.48. The van der Waals surface area contributed by atoms with Crippen LogP contribution in [0.25, 0.3) is 0 Å². The molecule has 0 unspecified atom stereocenters. The van der Waals surface area contributed by atoms with Crippen LogP contribution in [0.5, 0.6) is 0 Å². The summed E-state index contributed by atoms with van der Waals surface area (Å²) in [5, 5.41) is 20.7. The van der Waals surface area contributed by atoms with E-state index in [1.165, 1.54) is 4.90 Å². The molecule has 1 aliphatic heterocycles. The number of carboxylic acid groups (broad SMARTS) is 1. The van der Waals surface area contributed by atoms with Crippen LogP contribution < -0.4 is 5.32 Å². The third kappa shape index (κ3) is 3.44. The Morgan fingerprint density at radius 2 is 2.24 bits per heavy atom. The lowest BCUT2D eigenvalue weighted by Crippen LogP contribution is -2.38. The number of likely N-dealkylation sites (tertiary alicyclic amines) is 1. The molecule has 1 aliphatic carbocycles. The van der Waals surface area contributed by atoms with Crippen LogP contribution in [-0.4, -0.2) is 57.9 Å². The monoisotopic (exact) mass is 368 g/mol. The molecule has 1 aromatic heterocycles. The first-order chi connectivity index (χ1) is 11.9. The minimum Gasteiger partial charge on any atom is -0.481 e. The molecule has 10 heteroatoms. The third-order valence-corrected chi connectivity index (χ3v) is 5.70. The predicted octanol–water partition coefficient (Wildman–Crippen LogP) is 1.36. The Labute approximate surface area is 148 Å². The zero-order chi connectivity index (χ0) is 18.0. The Hall–Kier alpha value is -2.23. The molecule has 2 fully saturated rings. The summed E-state index contributed by atoms with van der Waals surface area (Å²) in [6, 6.07) is -0.381. The number of nitrogens with one attached hydrogen (secondary N) is 1. The average molecular weight is 368 g/mol. The van der Waals surface area contributed by atoms with Gasteiger partial charge < -0.3 is 14.7 Å². The van der Waals surface area contributed by atoms with Gasteiger partial charge in [-0.05, 0) is 25.7 Å². The predicted molar refractivity (Wildman–Crippen MR) is 88.2 cm³/mol. The minimum atomic E-state index is -0.821. The first-order valence-corrected chi connectivity index (χ1v) is 9.03. The Morgan fingerprint density at radius 3 is 2.92 bits per heavy atom. The number of hydrogen-bond donors (Lipinski definition) is 2. The van der Waals surface area contributed by atoms with Crippen molar-refractivity contribution in [3.05, 3.63) is 5.01 Å². The van der Waals surface area contributed by atoms with Crippen LogP contribution in [0, 0.1) is 11.3 Å². The van der Waals surface area contributed by atoms with Crippen LogP contribution >= 0.6 is 11.3 Å². The quantitative estimate of drug-likeness (QED) is 0.753. The SMILES string of the molecule is CCOC(=O)Cc1nnc(NC(=O)N2C[C@@H]3CCC[C@@]3(C(=O)O)C2)s1. The van der Waals surface area contributed by atoms with Crippen molar-refractivity contribution in [2.75, 3.05) is 25.0 Å². The maximum absolute atomic E-state index is 12.4. The average Bonchev–Trinajstić information content (AvgIpc) is 3.21. The molecule has 0 radical (unpaired) electrons. The lowest BCUT2D eigenvalue weighted by atomic mass is 9.81. The van der Waals surface area contributed by atoms with E-state index in [2.05, 4.69) is 15.5 Å². The fourth-order valence-corrected chi connectivity index (χ4v) is 4.39. The Balaban J connectivity index is 1.59. The number of carboxylic acids is 1. The maximum Gasteiger partial charge on any atom is 0.323 e. The summed E-state index contributed by atoms with van der Waals surface area (Å²) in [7, 11) is 0. The van der Waals surface area contributed by atoms with E-state index in [1.807, 2.05) is 0 Å². The number of amides is 2. The van der Waals surface area contributed by atoms with E-state index in [0.717, 1.165) is 24.2 Å². The van der Waals surface area contributed by atoms with E-state index < -0.39 is 17.4 Å². The number of anilines is 1. The number of carbonyl (C=O) groups is 3. The van der Waals surface area contributed by atoms with Gasteiger partial charge in [0.2, 0.25) is 5.13 Å². The molecule has 3 rings (SSSR count). The van der Waals surface area contributed by atoms with Crippen LogP contribution in [0.3, 0.4) is 0 Å². The topological polar surface area (TPSA) is 122 Å². The number of carbonyl (C=O) groups excluding carboxylic acids is 2. The number of aliphatic carboxylic acids is 1. The molecular formula is C15H20N4O5S. The van der Waals surface area contributed by atoms with Crippen molar-refractivity contribution in [2.24, 2.45) is 11.3 Å². The van der Waals surface area contributed by atoms with Crippen LogP contribution in [0.2, 0.25) is 0 Å². The lowest BCUT2D eigenvalue weighted by Gasteiger charge is -2.23. The number of urea groups is 1. The van der Waals surface area contributed by atoms with Crippen molar-refractivity contribution < 1.29 is 24.2 Å². The summed E-state index contributed by atoms with van der Waals surface area (Å²) in [4.78, 5) is 37.0. The molecular weight excluding hydrogens is 348 g/mol. The van der Waals surface area contributed by atoms with Gasteiger partial charge in [-0.3, -0.25) is 14.9 Å². The summed E-state index contributed by atoms with van der Waals surface area (Å²) >= 11 is 1.10. The molecule has 1 aromatic rings. The van der Waals surface area contributed by atoms with Crippen molar-refractivity contribution in [2.45, 2.75) is 32.6 Å². The van der Waals surface area contributed by atoms with Gasteiger partial charge >= 0.3 is 18.0 Å². The largest absolute Gasteiger partial charge is 0.481 e. The van der Waals surface area contributed by atoms with Gasteiger partial charge in [-0.25, -0.2) is 4.79 Å². The first kappa shape index (κ1) is 17.6. The van der Waals surface area contributed by atoms with Crippen LogP contribution in [0.15, 0.2) is 0 Å². The number of hydrogen-bond acceptors (Lipinski definition) is 7. The van der Waals surface area contributed by atoms with Gasteiger partial charge in [-0.15, -0.1) is 10.2 Å². The summed E-state index contributed by atoms with van der Waals surface area (Å²) in [5.41, 5.74) is -0.812. The van der Waals surface area contributed by atoms with Gasteiger partial charge in [-0.1, -0.05) is 17.8 Å². The Bertz CT molecular complexity index is 693. The van der Waals surface area contributed by atoms with Crippen molar-refractivity contribution in [3.8, 4) is 0 Å². The van der Waals surface area contributed by atoms with Crippen molar-refractivity contribution in [3.63, 3.8) is 0 Å². The standard InChI is InChI=1S/C15H20N4O5S/c1-2-24-11(20)6-10-17-18-13(25-10)16-14(23)19-7-9-4-3-5-15(9,8-19)12(21)22/h9H,2-8H2,1H3,(H,21,22)(H,16,18,23)/t9-,15+/m0/s1. The molecule has 2 aliphatic rings. The summed E-state index contributed by atoms with van der Waals surface area (Å²) < 4.78 is 4.84. The zero-order valence-corrected chi connectivity index (χ0v) is 14.7. The highest BCUT2D eigenvalue weighted by Gasteiger charge is 2.55. The first-order valence-electron chi connectivity index (χ1n) is 8.22. The normalized spacial score (nSPS) is 24.8. The van der Waals surface area contributed by atoms with Gasteiger partial charge in [0.1, 0.15) is 5.01 Å². The molecule has 2 N–H and O–H groups in total. The molecule has 2 atom stereocenters. The molecule has 1 saturated carbocycles. The van der Waals surface area contributed by atoms with E-state index in [1.54, 1.807) is 6.92 Å². The second kappa shape index (κ2) is 6.95. The van der Waals surface area contributed by atoms with E-state index in [9.17, 15) is 19.5 Å². The number of nitrogens with zero attached hydrogens (tertiary/aromatic N) is 3. The summed E-state index contributed by atoms with van der Waals surface area (Å²) in [6.45, 7) is 2.67. The molecule has 1 saturated heterocycles. The van der Waals surface area contributed by atoms with Crippen molar-refractivity contribution in [1.82, 2.24) is 15.1 Å². The third-order valence-electron chi connectivity index (χ3n) is 4.87. The molecule has 9 nitrogen and oxygen atoms in total. The van der Waals surface area contributed by atoms with Gasteiger partial charge in [0.15, 0.2) is 0 Å². The second-order valence-electron chi connectivity index (χ2n) is 6.34. The molecule has 136 valence electrons. The number of rotatable bonds is 5. The summed E-state index contributed by atoms with van der Waals surface area (Å²) in [6.07, 6.45) is 2.34.